The van der Waals surface area contributed by atoms with E-state index in [4.69, 9.17) is 20.8 Å². The summed E-state index contributed by atoms with van der Waals surface area (Å²) in [6.07, 6.45) is 1.47. The molecule has 1 aromatic heterocycles. The van der Waals surface area contributed by atoms with Crippen LogP contribution in [0.3, 0.4) is 0 Å². The molecule has 0 saturated heterocycles. The van der Waals surface area contributed by atoms with Gasteiger partial charge in [0, 0.05) is 16.1 Å². The zero-order valence-corrected chi connectivity index (χ0v) is 18.5. The maximum Gasteiger partial charge on any atom is 0.342 e. The molecule has 0 aliphatic heterocycles. The van der Waals surface area contributed by atoms with Crippen molar-refractivity contribution < 1.29 is 23.4 Å². The van der Waals surface area contributed by atoms with E-state index in [0.29, 0.717) is 21.9 Å². The average Bonchev–Trinajstić information content (AvgIpc) is 3.28. The van der Waals surface area contributed by atoms with Crippen molar-refractivity contribution in [2.24, 2.45) is 0 Å². The Balaban J connectivity index is 1.53. The van der Waals surface area contributed by atoms with Gasteiger partial charge in [-0.2, -0.15) is 0 Å². The summed E-state index contributed by atoms with van der Waals surface area (Å²) in [5.74, 6) is -0.750. The second-order valence-corrected chi connectivity index (χ2v) is 8.18. The lowest BCUT2D eigenvalue weighted by atomic mass is 10.2. The third-order valence-corrected chi connectivity index (χ3v) is 5.52. The maximum atomic E-state index is 13.1. The van der Waals surface area contributed by atoms with Gasteiger partial charge in [0.1, 0.15) is 23.1 Å². The Morgan fingerprint density at radius 2 is 1.79 bits per heavy atom. The number of ether oxygens (including phenoxy) is 1. The molecule has 0 atom stereocenters. The number of thioether (sulfide) groups is 1. The molecule has 4 aromatic rings. The molecule has 0 amide bonds. The van der Waals surface area contributed by atoms with Gasteiger partial charge in [0.25, 0.3) is 5.22 Å². The van der Waals surface area contributed by atoms with Crippen molar-refractivity contribution in [1.82, 2.24) is 10.2 Å². The van der Waals surface area contributed by atoms with Gasteiger partial charge in [-0.25, -0.2) is 9.18 Å². The van der Waals surface area contributed by atoms with E-state index in [9.17, 15) is 14.3 Å². The van der Waals surface area contributed by atoms with Crippen LogP contribution in [-0.2, 0) is 11.4 Å². The van der Waals surface area contributed by atoms with Crippen LogP contribution in [0.25, 0.3) is 17.5 Å². The van der Waals surface area contributed by atoms with Crippen LogP contribution < -0.4 is 4.74 Å². The number of benzene rings is 3. The lowest BCUT2D eigenvalue weighted by Gasteiger charge is -2.10. The number of carbonyl (C=O) groups is 1. The number of nitrogens with zero attached hydrogens (tertiary/aromatic N) is 2. The van der Waals surface area contributed by atoms with Crippen LogP contribution >= 0.6 is 23.4 Å². The highest BCUT2D eigenvalue weighted by atomic mass is 35.5. The fraction of sp³-hybridized carbons (Fsp3) is 0.0417. The van der Waals surface area contributed by atoms with E-state index < -0.39 is 5.97 Å². The Kier molecular flexibility index (Phi) is 7.07. The fourth-order valence-electron chi connectivity index (χ4n) is 2.80. The SMILES string of the molecule is O=C(O)/C(=C/c1ccccc1OCc1ccc(F)cc1)Sc1nnc(-c2ccc(Cl)cc2)o1. The quantitative estimate of drug-likeness (QED) is 0.232. The summed E-state index contributed by atoms with van der Waals surface area (Å²) in [4.78, 5) is 11.8. The zero-order chi connectivity index (χ0) is 23.2. The number of hydrogen-bond donors (Lipinski definition) is 1. The number of aromatic nitrogens is 2. The van der Waals surface area contributed by atoms with Gasteiger partial charge in [0.2, 0.25) is 5.89 Å². The van der Waals surface area contributed by atoms with E-state index >= 15 is 0 Å². The minimum absolute atomic E-state index is 0.0286. The number of halogens is 2. The standard InChI is InChI=1S/C24H16ClFN2O4S/c25-18-9-7-16(8-10-18)22-27-28-24(32-22)33-21(23(29)30)13-17-3-1-2-4-20(17)31-14-15-5-11-19(26)12-6-15/h1-13H,14H2,(H,29,30)/b21-13-. The molecular weight excluding hydrogens is 467 g/mol. The van der Waals surface area contributed by atoms with Crippen LogP contribution in [0.15, 0.2) is 87.3 Å². The second kappa shape index (κ2) is 10.3. The van der Waals surface area contributed by atoms with Crippen LogP contribution in [0.5, 0.6) is 5.75 Å². The molecule has 0 radical (unpaired) electrons. The molecule has 0 fully saturated rings. The molecular formula is C24H16ClFN2O4S. The summed E-state index contributed by atoms with van der Waals surface area (Å²) in [6.45, 7) is 0.203. The highest BCUT2D eigenvalue weighted by molar-refractivity contribution is 8.03. The van der Waals surface area contributed by atoms with Gasteiger partial charge in [-0.3, -0.25) is 0 Å². The van der Waals surface area contributed by atoms with Gasteiger partial charge in [0.15, 0.2) is 0 Å². The summed E-state index contributed by atoms with van der Waals surface area (Å²) >= 11 is 6.73. The van der Waals surface area contributed by atoms with Crippen molar-refractivity contribution in [3.63, 3.8) is 0 Å². The molecule has 1 heterocycles. The Hall–Kier alpha value is -3.62. The highest BCUT2D eigenvalue weighted by Crippen LogP contribution is 2.32. The van der Waals surface area contributed by atoms with E-state index in [0.717, 1.165) is 17.3 Å². The van der Waals surface area contributed by atoms with E-state index in [1.165, 1.54) is 18.2 Å². The van der Waals surface area contributed by atoms with Crippen molar-refractivity contribution in [2.45, 2.75) is 11.8 Å². The summed E-state index contributed by atoms with van der Waals surface area (Å²) in [6, 6.07) is 19.8. The highest BCUT2D eigenvalue weighted by Gasteiger charge is 2.17. The van der Waals surface area contributed by atoms with Crippen LogP contribution in [-0.4, -0.2) is 21.3 Å². The Bertz CT molecular complexity index is 1290. The molecule has 0 aliphatic carbocycles. The third kappa shape index (κ3) is 6.00. The first-order chi connectivity index (χ1) is 16.0. The first-order valence-electron chi connectivity index (χ1n) is 9.66. The molecule has 33 heavy (non-hydrogen) atoms. The molecule has 0 saturated carbocycles. The molecule has 166 valence electrons. The summed E-state index contributed by atoms with van der Waals surface area (Å²) in [7, 11) is 0. The molecule has 3 aromatic carbocycles. The lowest BCUT2D eigenvalue weighted by Crippen LogP contribution is -1.99. The maximum absolute atomic E-state index is 13.1. The van der Waals surface area contributed by atoms with Gasteiger partial charge in [-0.05, 0) is 65.9 Å². The number of para-hydroxylation sites is 1. The number of hydrogen-bond acceptors (Lipinski definition) is 6. The van der Waals surface area contributed by atoms with Gasteiger partial charge < -0.3 is 14.3 Å². The van der Waals surface area contributed by atoms with Crippen molar-refractivity contribution in [2.75, 3.05) is 0 Å². The van der Waals surface area contributed by atoms with Gasteiger partial charge >= 0.3 is 5.97 Å². The second-order valence-electron chi connectivity index (χ2n) is 6.75. The van der Waals surface area contributed by atoms with Crippen LogP contribution in [0.2, 0.25) is 5.02 Å². The van der Waals surface area contributed by atoms with E-state index in [2.05, 4.69) is 10.2 Å². The molecule has 0 unspecified atom stereocenters. The minimum atomic E-state index is -1.15. The monoisotopic (exact) mass is 482 g/mol. The molecule has 1 N–H and O–H groups in total. The summed E-state index contributed by atoms with van der Waals surface area (Å²) in [5, 5.41) is 18.3. The third-order valence-electron chi connectivity index (χ3n) is 4.42. The van der Waals surface area contributed by atoms with Gasteiger partial charge in [-0.1, -0.05) is 41.9 Å². The molecule has 0 aliphatic rings. The van der Waals surface area contributed by atoms with E-state index in [1.54, 1.807) is 60.7 Å². The minimum Gasteiger partial charge on any atom is -0.488 e. The normalized spacial score (nSPS) is 11.4. The molecule has 0 spiro atoms. The van der Waals surface area contributed by atoms with E-state index in [1.807, 2.05) is 0 Å². The Labute approximate surface area is 197 Å². The summed E-state index contributed by atoms with van der Waals surface area (Å²) in [5.41, 5.74) is 2.00. The molecule has 9 heteroatoms. The molecule has 0 bridgehead atoms. The number of aliphatic carboxylic acids is 1. The predicted molar refractivity (Wildman–Crippen MR) is 123 cm³/mol. The Morgan fingerprint density at radius 3 is 2.52 bits per heavy atom. The van der Waals surface area contributed by atoms with Gasteiger partial charge in [0.05, 0.1) is 0 Å². The van der Waals surface area contributed by atoms with Crippen molar-refractivity contribution in [3.05, 3.63) is 99.7 Å². The number of carboxylic acid groups (broad SMARTS) is 1. The Morgan fingerprint density at radius 1 is 1.06 bits per heavy atom. The predicted octanol–water partition coefficient (Wildman–Crippen LogP) is 6.33. The molecule has 4 rings (SSSR count). The van der Waals surface area contributed by atoms with Crippen LogP contribution in [0, 0.1) is 5.82 Å². The summed E-state index contributed by atoms with van der Waals surface area (Å²) < 4.78 is 24.5. The fourth-order valence-corrected chi connectivity index (χ4v) is 3.59. The first kappa shape index (κ1) is 22.6. The largest absolute Gasteiger partial charge is 0.488 e. The zero-order valence-electron chi connectivity index (χ0n) is 16.9. The van der Waals surface area contributed by atoms with E-state index in [-0.39, 0.29) is 28.4 Å². The van der Waals surface area contributed by atoms with Gasteiger partial charge in [-0.15, -0.1) is 10.2 Å². The smallest absolute Gasteiger partial charge is 0.342 e. The first-order valence-corrected chi connectivity index (χ1v) is 10.9. The topological polar surface area (TPSA) is 85.5 Å². The number of rotatable bonds is 8. The lowest BCUT2D eigenvalue weighted by molar-refractivity contribution is -0.131. The van der Waals surface area contributed by atoms with Crippen LogP contribution in [0.1, 0.15) is 11.1 Å². The van der Waals surface area contributed by atoms with Crippen molar-refractivity contribution >= 4 is 35.4 Å². The molecule has 6 nitrogen and oxygen atoms in total. The average molecular weight is 483 g/mol. The van der Waals surface area contributed by atoms with Crippen molar-refractivity contribution in [3.8, 4) is 17.2 Å². The van der Waals surface area contributed by atoms with Crippen molar-refractivity contribution in [1.29, 1.82) is 0 Å². The van der Waals surface area contributed by atoms with Crippen LogP contribution in [0.4, 0.5) is 4.39 Å². The number of carboxylic acids is 1.